The highest BCUT2D eigenvalue weighted by Gasteiger charge is 2.26. The summed E-state index contributed by atoms with van der Waals surface area (Å²) in [5.41, 5.74) is 1.48. The highest BCUT2D eigenvalue weighted by molar-refractivity contribution is 7.92. The summed E-state index contributed by atoms with van der Waals surface area (Å²) in [6, 6.07) is 6.69. The van der Waals surface area contributed by atoms with E-state index in [1.165, 1.54) is 4.68 Å². The van der Waals surface area contributed by atoms with Gasteiger partial charge in [-0.1, -0.05) is 11.6 Å². The van der Waals surface area contributed by atoms with Gasteiger partial charge in [0.25, 0.3) is 10.0 Å². The van der Waals surface area contributed by atoms with Crippen LogP contribution in [-0.2, 0) is 21.9 Å². The van der Waals surface area contributed by atoms with E-state index in [2.05, 4.69) is 9.82 Å². The number of halogens is 1. The molecule has 2 heterocycles. The number of nitrogens with one attached hydrogen (secondary N) is 1. The Hall–Kier alpha value is -2.06. The quantitative estimate of drug-likeness (QED) is 0.897. The van der Waals surface area contributed by atoms with Crippen molar-refractivity contribution >= 4 is 38.9 Å². The van der Waals surface area contributed by atoms with Crippen LogP contribution < -0.4 is 9.62 Å². The third kappa shape index (κ3) is 2.99. The number of nitrogens with zero attached hydrogens (tertiary/aromatic N) is 3. The van der Waals surface area contributed by atoms with Crippen LogP contribution >= 0.6 is 11.6 Å². The molecular formula is C15H17ClN4O3S. The van der Waals surface area contributed by atoms with E-state index in [1.54, 1.807) is 43.1 Å². The molecule has 24 heavy (non-hydrogen) atoms. The van der Waals surface area contributed by atoms with E-state index in [0.717, 1.165) is 12.1 Å². The Balaban J connectivity index is 1.84. The van der Waals surface area contributed by atoms with Gasteiger partial charge in [-0.2, -0.15) is 5.10 Å². The van der Waals surface area contributed by atoms with Crippen LogP contribution in [0.5, 0.6) is 0 Å². The smallest absolute Gasteiger partial charge is 0.266 e. The lowest BCUT2D eigenvalue weighted by Gasteiger charge is -2.16. The Kier molecular flexibility index (Phi) is 4.27. The van der Waals surface area contributed by atoms with Crippen LogP contribution in [0.1, 0.15) is 18.5 Å². The molecule has 3 rings (SSSR count). The molecule has 128 valence electrons. The topological polar surface area (TPSA) is 84.3 Å². The van der Waals surface area contributed by atoms with E-state index in [9.17, 15) is 13.2 Å². The zero-order valence-electron chi connectivity index (χ0n) is 13.3. The number of benzene rings is 1. The zero-order chi connectivity index (χ0) is 17.5. The number of hydrogen-bond acceptors (Lipinski definition) is 4. The normalized spacial score (nSPS) is 15.1. The standard InChI is InChI=1S/C15H17ClN4O3S/c1-10-14(15(16)19(2)17-10)24(22,23)18-11-5-7-12(8-6-11)20-9-3-4-13(20)21/h5-8,18H,3-4,9H2,1-2H3. The van der Waals surface area contributed by atoms with E-state index in [4.69, 9.17) is 11.6 Å². The van der Waals surface area contributed by atoms with Gasteiger partial charge in [0.05, 0.1) is 5.69 Å². The van der Waals surface area contributed by atoms with Crippen molar-refractivity contribution in [2.45, 2.75) is 24.7 Å². The first-order valence-electron chi connectivity index (χ1n) is 7.42. The molecule has 9 heteroatoms. The Bertz CT molecular complexity index is 890. The molecule has 7 nitrogen and oxygen atoms in total. The lowest BCUT2D eigenvalue weighted by Crippen LogP contribution is -2.23. The summed E-state index contributed by atoms with van der Waals surface area (Å²) in [6.45, 7) is 2.27. The monoisotopic (exact) mass is 368 g/mol. The second-order valence-corrected chi connectivity index (χ2v) is 7.61. The molecular weight excluding hydrogens is 352 g/mol. The summed E-state index contributed by atoms with van der Waals surface area (Å²) >= 11 is 6.03. The van der Waals surface area contributed by atoms with Gasteiger partial charge in [-0.25, -0.2) is 8.42 Å². The van der Waals surface area contributed by atoms with Crippen LogP contribution in [0, 0.1) is 6.92 Å². The first-order valence-corrected chi connectivity index (χ1v) is 9.28. The van der Waals surface area contributed by atoms with Gasteiger partial charge in [0, 0.05) is 31.4 Å². The second kappa shape index (κ2) is 6.10. The fourth-order valence-corrected chi connectivity index (χ4v) is 4.56. The van der Waals surface area contributed by atoms with E-state index in [-0.39, 0.29) is 16.0 Å². The zero-order valence-corrected chi connectivity index (χ0v) is 14.9. The van der Waals surface area contributed by atoms with Crippen LogP contribution in [0.15, 0.2) is 29.2 Å². The van der Waals surface area contributed by atoms with Crippen molar-refractivity contribution in [3.63, 3.8) is 0 Å². The van der Waals surface area contributed by atoms with Gasteiger partial charge in [0.2, 0.25) is 5.91 Å². The van der Waals surface area contributed by atoms with Gasteiger partial charge < -0.3 is 4.90 Å². The Morgan fingerprint density at radius 3 is 2.42 bits per heavy atom. The maximum Gasteiger partial charge on any atom is 0.266 e. The third-order valence-corrected chi connectivity index (χ3v) is 5.95. The molecule has 0 radical (unpaired) electrons. The Morgan fingerprint density at radius 1 is 1.25 bits per heavy atom. The molecule has 0 saturated carbocycles. The van der Waals surface area contributed by atoms with Gasteiger partial charge in [-0.3, -0.25) is 14.2 Å². The number of aromatic nitrogens is 2. The number of carbonyl (C=O) groups excluding carboxylic acids is 1. The summed E-state index contributed by atoms with van der Waals surface area (Å²) in [5.74, 6) is 0.0843. The van der Waals surface area contributed by atoms with Gasteiger partial charge in [-0.05, 0) is 37.6 Å². The van der Waals surface area contributed by atoms with Crippen molar-refractivity contribution in [2.75, 3.05) is 16.2 Å². The average molecular weight is 369 g/mol. The summed E-state index contributed by atoms with van der Waals surface area (Å²) in [5, 5.41) is 4.07. The summed E-state index contributed by atoms with van der Waals surface area (Å²) in [7, 11) is -2.26. The lowest BCUT2D eigenvalue weighted by atomic mass is 10.2. The molecule has 1 aliphatic heterocycles. The fourth-order valence-electron chi connectivity index (χ4n) is 2.75. The van der Waals surface area contributed by atoms with Gasteiger partial charge in [-0.15, -0.1) is 0 Å². The first-order chi connectivity index (χ1) is 11.3. The lowest BCUT2D eigenvalue weighted by molar-refractivity contribution is -0.117. The van der Waals surface area contributed by atoms with Crippen LogP contribution in [0.3, 0.4) is 0 Å². The summed E-state index contributed by atoms with van der Waals surface area (Å²) in [6.07, 6.45) is 1.39. The highest BCUT2D eigenvalue weighted by Crippen LogP contribution is 2.28. The molecule has 1 aromatic carbocycles. The largest absolute Gasteiger partial charge is 0.312 e. The van der Waals surface area contributed by atoms with Crippen LogP contribution in [-0.4, -0.2) is 30.7 Å². The molecule has 1 saturated heterocycles. The van der Waals surface area contributed by atoms with Crippen molar-refractivity contribution in [2.24, 2.45) is 7.05 Å². The van der Waals surface area contributed by atoms with Crippen molar-refractivity contribution in [1.29, 1.82) is 0 Å². The number of carbonyl (C=O) groups is 1. The van der Waals surface area contributed by atoms with Crippen LogP contribution in [0.4, 0.5) is 11.4 Å². The third-order valence-electron chi connectivity index (χ3n) is 3.87. The number of rotatable bonds is 4. The molecule has 0 atom stereocenters. The summed E-state index contributed by atoms with van der Waals surface area (Å²) in [4.78, 5) is 13.4. The van der Waals surface area contributed by atoms with E-state index in [1.807, 2.05) is 0 Å². The van der Waals surface area contributed by atoms with Crippen molar-refractivity contribution in [3.8, 4) is 0 Å². The molecule has 1 amide bonds. The van der Waals surface area contributed by atoms with Gasteiger partial charge >= 0.3 is 0 Å². The minimum atomic E-state index is -3.84. The highest BCUT2D eigenvalue weighted by atomic mass is 35.5. The van der Waals surface area contributed by atoms with E-state index < -0.39 is 10.0 Å². The average Bonchev–Trinajstić information content (AvgIpc) is 3.03. The molecule has 1 aromatic heterocycles. The molecule has 1 N–H and O–H groups in total. The SMILES string of the molecule is Cc1nn(C)c(Cl)c1S(=O)(=O)Nc1ccc(N2CCCC2=O)cc1. The Morgan fingerprint density at radius 2 is 1.92 bits per heavy atom. The van der Waals surface area contributed by atoms with E-state index >= 15 is 0 Å². The van der Waals surface area contributed by atoms with Gasteiger partial charge in [0.1, 0.15) is 10.0 Å². The minimum Gasteiger partial charge on any atom is -0.312 e. The predicted molar refractivity (Wildman–Crippen MR) is 91.8 cm³/mol. The second-order valence-electron chi connectivity index (χ2n) is 5.63. The van der Waals surface area contributed by atoms with Crippen molar-refractivity contribution < 1.29 is 13.2 Å². The minimum absolute atomic E-state index is 0.0366. The van der Waals surface area contributed by atoms with Crippen molar-refractivity contribution in [3.05, 3.63) is 35.1 Å². The van der Waals surface area contributed by atoms with Crippen LogP contribution in [0.2, 0.25) is 5.15 Å². The fraction of sp³-hybridized carbons (Fsp3) is 0.333. The molecule has 1 aliphatic rings. The van der Waals surface area contributed by atoms with Crippen LogP contribution in [0.25, 0.3) is 0 Å². The molecule has 2 aromatic rings. The molecule has 0 spiro atoms. The first kappa shape index (κ1) is 16.8. The molecule has 0 aliphatic carbocycles. The summed E-state index contributed by atoms with van der Waals surface area (Å²) < 4.78 is 28.9. The number of aryl methyl sites for hydroxylation is 2. The molecule has 0 bridgehead atoms. The molecule has 0 unspecified atom stereocenters. The predicted octanol–water partition coefficient (Wildman–Crippen LogP) is 2.31. The molecule has 1 fully saturated rings. The number of anilines is 2. The Labute approximate surface area is 145 Å². The van der Waals surface area contributed by atoms with E-state index in [0.29, 0.717) is 24.3 Å². The number of amides is 1. The number of hydrogen-bond donors (Lipinski definition) is 1. The van der Waals surface area contributed by atoms with Crippen molar-refractivity contribution in [1.82, 2.24) is 9.78 Å². The maximum atomic E-state index is 12.5. The maximum absolute atomic E-state index is 12.5. The number of sulfonamides is 1. The van der Waals surface area contributed by atoms with Gasteiger partial charge in [0.15, 0.2) is 0 Å².